The summed E-state index contributed by atoms with van der Waals surface area (Å²) in [6, 6.07) is 7.20. The number of aliphatic hydroxyl groups is 1. The van der Waals surface area contributed by atoms with Gasteiger partial charge in [-0.05, 0) is 45.0 Å². The number of nitrogens with two attached hydrogens (primary N) is 1. The number of carbonyl (C=O) groups excluding carboxylic acids is 1. The third-order valence-electron chi connectivity index (χ3n) is 4.23. The first-order chi connectivity index (χ1) is 14.3. The molecule has 1 rings (SSSR count). The summed E-state index contributed by atoms with van der Waals surface area (Å²) >= 11 is 0. The summed E-state index contributed by atoms with van der Waals surface area (Å²) in [5, 5.41) is 9.75. The van der Waals surface area contributed by atoms with Crippen LogP contribution in [0.4, 0.5) is 0 Å². The minimum atomic E-state index is -3.06. The average molecular weight is 440 g/mol. The highest BCUT2D eigenvalue weighted by atomic mass is 31.2. The monoisotopic (exact) mass is 440 g/mol. The zero-order valence-corrected chi connectivity index (χ0v) is 18.9. The largest absolute Gasteiger partial charge is 0.484 e. The maximum Gasteiger partial charge on any atom is 0.331 e. The molecule has 0 heterocycles. The van der Waals surface area contributed by atoms with Crippen LogP contribution in [0.5, 0.6) is 5.75 Å². The minimum absolute atomic E-state index is 0.0119. The second-order valence-corrected chi connectivity index (χ2v) is 8.81. The molecule has 0 aliphatic carbocycles. The van der Waals surface area contributed by atoms with E-state index < -0.39 is 13.5 Å². The lowest BCUT2D eigenvalue weighted by Crippen LogP contribution is -2.36. The highest BCUT2D eigenvalue weighted by molar-refractivity contribution is 7.53. The second kappa shape index (κ2) is 14.2. The Morgan fingerprint density at radius 3 is 2.37 bits per heavy atom. The van der Waals surface area contributed by atoms with Gasteiger partial charge in [-0.25, -0.2) is 0 Å². The number of carbonyl (C=O) groups is 1. The predicted molar refractivity (Wildman–Crippen MR) is 116 cm³/mol. The third kappa shape index (κ3) is 10.2. The first-order valence-electron chi connectivity index (χ1n) is 9.98. The topological polar surface area (TPSA) is 111 Å². The molecule has 30 heavy (non-hydrogen) atoms. The zero-order chi connectivity index (χ0) is 22.4. The Morgan fingerprint density at radius 2 is 1.83 bits per heavy atom. The van der Waals surface area contributed by atoms with Crippen LogP contribution < -0.4 is 10.5 Å². The van der Waals surface area contributed by atoms with E-state index >= 15 is 0 Å². The van der Waals surface area contributed by atoms with E-state index in [0.29, 0.717) is 38.3 Å². The molecular weight excluding hydrogens is 407 g/mol. The van der Waals surface area contributed by atoms with Crippen molar-refractivity contribution in [3.8, 4) is 17.6 Å². The van der Waals surface area contributed by atoms with Crippen molar-refractivity contribution in [2.45, 2.75) is 32.7 Å². The van der Waals surface area contributed by atoms with Crippen molar-refractivity contribution >= 4 is 13.5 Å². The Morgan fingerprint density at radius 1 is 1.20 bits per heavy atom. The van der Waals surface area contributed by atoms with E-state index in [1.165, 1.54) is 0 Å². The number of rotatable bonds is 14. The Labute approximate surface area is 179 Å². The number of aliphatic hydroxyl groups excluding tert-OH is 1. The van der Waals surface area contributed by atoms with E-state index in [1.807, 2.05) is 24.1 Å². The van der Waals surface area contributed by atoms with Crippen LogP contribution in [0.3, 0.4) is 0 Å². The number of nitrogens with zero attached hydrogens (tertiary/aromatic N) is 1. The summed E-state index contributed by atoms with van der Waals surface area (Å²) in [5.41, 5.74) is 6.08. The molecule has 1 amide bonds. The Hall–Kier alpha value is -1.88. The van der Waals surface area contributed by atoms with Crippen molar-refractivity contribution in [1.29, 1.82) is 0 Å². The van der Waals surface area contributed by atoms with Crippen molar-refractivity contribution in [1.82, 2.24) is 4.90 Å². The van der Waals surface area contributed by atoms with Crippen LogP contribution in [0, 0.1) is 11.8 Å². The van der Waals surface area contributed by atoms with Gasteiger partial charge in [0.25, 0.3) is 5.91 Å². The molecule has 0 fully saturated rings. The van der Waals surface area contributed by atoms with E-state index in [1.54, 1.807) is 26.0 Å². The van der Waals surface area contributed by atoms with Gasteiger partial charge in [-0.3, -0.25) is 14.3 Å². The molecule has 1 aromatic carbocycles. The molecule has 0 unspecified atom stereocenters. The fourth-order valence-corrected chi connectivity index (χ4v) is 4.16. The first kappa shape index (κ1) is 26.2. The number of hydrogen-bond donors (Lipinski definition) is 2. The zero-order valence-electron chi connectivity index (χ0n) is 18.0. The Bertz CT molecular complexity index is 734. The lowest BCUT2D eigenvalue weighted by molar-refractivity contribution is -0.119. The van der Waals surface area contributed by atoms with Crippen LogP contribution in [-0.2, 0) is 24.8 Å². The standard InChI is InChI=1S/C21H33N2O6P/c1-4-28-30(26,29-5-2)14-8-6-7-13-23(3)19(16-24)15-18-9-11-20(12-10-18)27-17-21(22)25/h9-12,19,24H,4-5,8,13-17H2,1-3H3,(H2,22,25)/t19-/m0/s1. The molecule has 0 saturated heterocycles. The van der Waals surface area contributed by atoms with Crippen LogP contribution in [0.15, 0.2) is 24.3 Å². The van der Waals surface area contributed by atoms with Crippen molar-refractivity contribution in [2.24, 2.45) is 5.73 Å². The van der Waals surface area contributed by atoms with E-state index in [9.17, 15) is 14.5 Å². The number of primary amides is 1. The third-order valence-corrected chi connectivity index (χ3v) is 6.30. The molecule has 8 nitrogen and oxygen atoms in total. The number of hydrogen-bond acceptors (Lipinski definition) is 7. The molecular formula is C21H33N2O6P. The summed E-state index contributed by atoms with van der Waals surface area (Å²) in [6.45, 7) is 4.53. The highest BCUT2D eigenvalue weighted by Gasteiger charge is 2.22. The lowest BCUT2D eigenvalue weighted by Gasteiger charge is -2.24. The number of ether oxygens (including phenoxy) is 1. The molecule has 3 N–H and O–H groups in total. The molecule has 0 aliphatic heterocycles. The quantitative estimate of drug-likeness (QED) is 0.336. The second-order valence-electron chi connectivity index (χ2n) is 6.63. The van der Waals surface area contributed by atoms with Crippen molar-refractivity contribution in [3.05, 3.63) is 29.8 Å². The smallest absolute Gasteiger partial charge is 0.331 e. The van der Waals surface area contributed by atoms with E-state index in [0.717, 1.165) is 5.56 Å². The fraction of sp³-hybridized carbons (Fsp3) is 0.571. The fourth-order valence-electron chi connectivity index (χ4n) is 2.66. The molecule has 0 bridgehead atoms. The molecule has 168 valence electrons. The molecule has 0 spiro atoms. The van der Waals surface area contributed by atoms with Crippen LogP contribution >= 0.6 is 7.60 Å². The summed E-state index contributed by atoms with van der Waals surface area (Å²) in [4.78, 5) is 12.7. The molecule has 9 heteroatoms. The summed E-state index contributed by atoms with van der Waals surface area (Å²) in [7, 11) is -1.17. The van der Waals surface area contributed by atoms with Crippen molar-refractivity contribution < 1.29 is 28.3 Å². The van der Waals surface area contributed by atoms with Crippen LogP contribution in [0.25, 0.3) is 0 Å². The van der Waals surface area contributed by atoms with Crippen molar-refractivity contribution in [3.63, 3.8) is 0 Å². The summed E-state index contributed by atoms with van der Waals surface area (Å²) in [5.74, 6) is 6.09. The van der Waals surface area contributed by atoms with Gasteiger partial charge in [0.15, 0.2) is 6.61 Å². The van der Waals surface area contributed by atoms with Crippen LogP contribution in [0.1, 0.15) is 25.8 Å². The van der Waals surface area contributed by atoms with Gasteiger partial charge in [-0.1, -0.05) is 18.1 Å². The van der Waals surface area contributed by atoms with Crippen LogP contribution in [0.2, 0.25) is 0 Å². The van der Waals surface area contributed by atoms with Gasteiger partial charge < -0.3 is 24.6 Å². The molecule has 0 saturated carbocycles. The lowest BCUT2D eigenvalue weighted by atomic mass is 10.1. The summed E-state index contributed by atoms with van der Waals surface area (Å²) in [6.07, 6.45) is 1.31. The van der Waals surface area contributed by atoms with Gasteiger partial charge in [0.2, 0.25) is 0 Å². The van der Waals surface area contributed by atoms with Gasteiger partial charge >= 0.3 is 7.60 Å². The van der Waals surface area contributed by atoms with Crippen LogP contribution in [-0.4, -0.2) is 68.1 Å². The van der Waals surface area contributed by atoms with E-state index in [-0.39, 0.29) is 25.4 Å². The number of benzene rings is 1. The Kier molecular flexibility index (Phi) is 12.4. The molecule has 1 atom stereocenters. The average Bonchev–Trinajstić information content (AvgIpc) is 2.71. The molecule has 0 aliphatic rings. The van der Waals surface area contributed by atoms with Gasteiger partial charge in [-0.2, -0.15) is 0 Å². The number of likely N-dealkylation sites (N-methyl/N-ethyl adjacent to an activating group) is 1. The molecule has 1 aromatic rings. The molecule has 0 radical (unpaired) electrons. The van der Waals surface area contributed by atoms with Gasteiger partial charge in [0.1, 0.15) is 5.75 Å². The van der Waals surface area contributed by atoms with Gasteiger partial charge in [0, 0.05) is 12.5 Å². The first-order valence-corrected chi connectivity index (χ1v) is 11.7. The van der Waals surface area contributed by atoms with E-state index in [2.05, 4.69) is 11.8 Å². The van der Waals surface area contributed by atoms with E-state index in [4.69, 9.17) is 19.5 Å². The molecule has 0 aromatic heterocycles. The normalized spacial score (nSPS) is 12.3. The Balaban J connectivity index is 2.51. The maximum absolute atomic E-state index is 12.4. The highest BCUT2D eigenvalue weighted by Crippen LogP contribution is 2.48. The number of amides is 1. The van der Waals surface area contributed by atoms with Gasteiger partial charge in [0.05, 0.1) is 32.5 Å². The minimum Gasteiger partial charge on any atom is -0.484 e. The predicted octanol–water partition coefficient (Wildman–Crippen LogP) is 2.05. The summed E-state index contributed by atoms with van der Waals surface area (Å²) < 4.78 is 28.1. The van der Waals surface area contributed by atoms with Gasteiger partial charge in [-0.15, -0.1) is 5.92 Å². The SMILES string of the molecule is CCOP(=O)(CCC#CCN(C)[C@H](CO)Cc1ccc(OCC(N)=O)cc1)OCC. The maximum atomic E-state index is 12.4. The van der Waals surface area contributed by atoms with Crippen molar-refractivity contribution in [2.75, 3.05) is 46.2 Å².